The van der Waals surface area contributed by atoms with Crippen molar-refractivity contribution in [3.63, 3.8) is 0 Å². The molecule has 1 fully saturated rings. The lowest BCUT2D eigenvalue weighted by molar-refractivity contribution is -0.0370. The molecule has 1 amide bonds. The fourth-order valence-electron chi connectivity index (χ4n) is 2.29. The number of amides is 1. The van der Waals surface area contributed by atoms with Gasteiger partial charge in [-0.05, 0) is 26.0 Å². The van der Waals surface area contributed by atoms with Crippen molar-refractivity contribution >= 4 is 5.91 Å². The van der Waals surface area contributed by atoms with Crippen LogP contribution < -0.4 is 0 Å². The van der Waals surface area contributed by atoms with Crippen LogP contribution in [-0.2, 0) is 4.74 Å². The number of hydrogen-bond donors (Lipinski definition) is 1. The van der Waals surface area contributed by atoms with Gasteiger partial charge in [0.25, 0.3) is 5.91 Å². The average Bonchev–Trinajstić information content (AvgIpc) is 2.44. The van der Waals surface area contributed by atoms with Gasteiger partial charge in [-0.25, -0.2) is 0 Å². The van der Waals surface area contributed by atoms with E-state index in [1.807, 2.05) is 30.9 Å². The normalized spacial score (nSPS) is 17.2. The van der Waals surface area contributed by atoms with Crippen LogP contribution in [0.2, 0.25) is 0 Å². The third-order valence-electron chi connectivity index (χ3n) is 3.35. The highest BCUT2D eigenvalue weighted by Gasteiger charge is 2.35. The average molecular weight is 273 g/mol. The Labute approximate surface area is 119 Å². The molecule has 4 nitrogen and oxygen atoms in total. The van der Waals surface area contributed by atoms with Gasteiger partial charge < -0.3 is 14.7 Å². The van der Waals surface area contributed by atoms with Crippen LogP contribution in [0.3, 0.4) is 0 Å². The first kappa shape index (κ1) is 14.6. The zero-order valence-electron chi connectivity index (χ0n) is 11.8. The van der Waals surface area contributed by atoms with Gasteiger partial charge in [0.05, 0.1) is 24.3 Å². The maximum absolute atomic E-state index is 12.7. The predicted octanol–water partition coefficient (Wildman–Crippen LogP) is 1.28. The van der Waals surface area contributed by atoms with Crippen LogP contribution in [0.1, 0.15) is 29.8 Å². The van der Waals surface area contributed by atoms with E-state index in [0.29, 0.717) is 30.9 Å². The Kier molecular flexibility index (Phi) is 4.43. The Morgan fingerprint density at radius 2 is 2.20 bits per heavy atom. The molecule has 20 heavy (non-hydrogen) atoms. The van der Waals surface area contributed by atoms with Crippen molar-refractivity contribution in [3.8, 4) is 11.8 Å². The van der Waals surface area contributed by atoms with E-state index >= 15 is 0 Å². The van der Waals surface area contributed by atoms with Gasteiger partial charge >= 0.3 is 0 Å². The van der Waals surface area contributed by atoms with E-state index in [0.717, 1.165) is 0 Å². The lowest BCUT2D eigenvalue weighted by Gasteiger charge is -2.42. The molecule has 0 radical (unpaired) electrons. The van der Waals surface area contributed by atoms with Gasteiger partial charge in [-0.2, -0.15) is 0 Å². The second kappa shape index (κ2) is 6.08. The minimum absolute atomic E-state index is 0.0406. The van der Waals surface area contributed by atoms with Crippen molar-refractivity contribution in [1.29, 1.82) is 0 Å². The Morgan fingerprint density at radius 1 is 1.45 bits per heavy atom. The molecule has 1 saturated heterocycles. The molecule has 0 aliphatic carbocycles. The molecule has 0 unspecified atom stereocenters. The standard InChI is InChI=1S/C16H19NO3/c1-16(2)12-20-11-9-17(16)15(19)14-8-4-3-6-13(14)7-5-10-18/h3-4,6,8,18H,9-12H2,1-2H3. The second-order valence-corrected chi connectivity index (χ2v) is 5.33. The molecule has 1 aromatic carbocycles. The molecule has 0 atom stereocenters. The number of aliphatic hydroxyl groups excluding tert-OH is 1. The number of carbonyl (C=O) groups is 1. The maximum Gasteiger partial charge on any atom is 0.255 e. The molecule has 0 aromatic heterocycles. The summed E-state index contributed by atoms with van der Waals surface area (Å²) in [5, 5.41) is 8.80. The number of rotatable bonds is 1. The van der Waals surface area contributed by atoms with Crippen LogP contribution in [0.15, 0.2) is 24.3 Å². The summed E-state index contributed by atoms with van der Waals surface area (Å²) >= 11 is 0. The van der Waals surface area contributed by atoms with Crippen molar-refractivity contribution in [3.05, 3.63) is 35.4 Å². The third kappa shape index (κ3) is 3.01. The van der Waals surface area contributed by atoms with Gasteiger partial charge in [0, 0.05) is 12.1 Å². The summed E-state index contributed by atoms with van der Waals surface area (Å²) in [5.74, 6) is 5.38. The molecule has 4 heteroatoms. The van der Waals surface area contributed by atoms with Gasteiger partial charge in [-0.1, -0.05) is 24.0 Å². The number of carbonyl (C=O) groups excluding carboxylic acids is 1. The van der Waals surface area contributed by atoms with Gasteiger partial charge in [0.15, 0.2) is 0 Å². The minimum Gasteiger partial charge on any atom is -0.384 e. The molecule has 0 saturated carbocycles. The monoisotopic (exact) mass is 273 g/mol. The first-order chi connectivity index (χ1) is 9.56. The summed E-state index contributed by atoms with van der Waals surface area (Å²) in [6.45, 7) is 5.43. The molecular weight excluding hydrogens is 254 g/mol. The molecule has 1 N–H and O–H groups in total. The molecule has 2 rings (SSSR count). The van der Waals surface area contributed by atoms with Crippen molar-refractivity contribution in [2.24, 2.45) is 0 Å². The highest BCUT2D eigenvalue weighted by molar-refractivity contribution is 5.97. The van der Waals surface area contributed by atoms with Crippen LogP contribution in [0, 0.1) is 11.8 Å². The van der Waals surface area contributed by atoms with E-state index < -0.39 is 0 Å². The molecular formula is C16H19NO3. The van der Waals surface area contributed by atoms with E-state index in [1.54, 1.807) is 12.1 Å². The molecule has 1 aromatic rings. The summed E-state index contributed by atoms with van der Waals surface area (Å²) < 4.78 is 5.44. The fourth-order valence-corrected chi connectivity index (χ4v) is 2.29. The van der Waals surface area contributed by atoms with Gasteiger partial charge in [0.1, 0.15) is 6.61 Å². The molecule has 1 aliphatic rings. The summed E-state index contributed by atoms with van der Waals surface area (Å²) in [6, 6.07) is 7.23. The number of hydrogen-bond acceptors (Lipinski definition) is 3. The largest absolute Gasteiger partial charge is 0.384 e. The Morgan fingerprint density at radius 3 is 2.90 bits per heavy atom. The van der Waals surface area contributed by atoms with Crippen molar-refractivity contribution in [2.45, 2.75) is 19.4 Å². The molecule has 0 bridgehead atoms. The number of morpholine rings is 1. The van der Waals surface area contributed by atoms with Gasteiger partial charge in [-0.3, -0.25) is 4.79 Å². The lowest BCUT2D eigenvalue weighted by atomic mass is 9.99. The van der Waals surface area contributed by atoms with Crippen LogP contribution in [0.25, 0.3) is 0 Å². The van der Waals surface area contributed by atoms with Crippen LogP contribution in [0.5, 0.6) is 0 Å². The van der Waals surface area contributed by atoms with Gasteiger partial charge in [0.2, 0.25) is 0 Å². The number of nitrogens with zero attached hydrogens (tertiary/aromatic N) is 1. The number of benzene rings is 1. The Balaban J connectivity index is 2.33. The molecule has 1 aliphatic heterocycles. The summed E-state index contributed by atoms with van der Waals surface area (Å²) in [5.41, 5.74) is 0.893. The summed E-state index contributed by atoms with van der Waals surface area (Å²) in [4.78, 5) is 14.6. The second-order valence-electron chi connectivity index (χ2n) is 5.33. The lowest BCUT2D eigenvalue weighted by Crippen LogP contribution is -2.55. The number of aliphatic hydroxyl groups is 1. The zero-order valence-corrected chi connectivity index (χ0v) is 11.8. The van der Waals surface area contributed by atoms with E-state index in [1.165, 1.54) is 0 Å². The Bertz CT molecular complexity index is 554. The van der Waals surface area contributed by atoms with Crippen LogP contribution >= 0.6 is 0 Å². The van der Waals surface area contributed by atoms with Crippen molar-refractivity contribution < 1.29 is 14.6 Å². The quantitative estimate of drug-likeness (QED) is 0.784. The first-order valence-electron chi connectivity index (χ1n) is 6.65. The van der Waals surface area contributed by atoms with Crippen LogP contribution in [0.4, 0.5) is 0 Å². The van der Waals surface area contributed by atoms with Crippen LogP contribution in [-0.4, -0.2) is 47.8 Å². The maximum atomic E-state index is 12.7. The van der Waals surface area contributed by atoms with Crippen molar-refractivity contribution in [2.75, 3.05) is 26.4 Å². The summed E-state index contributed by atoms with van der Waals surface area (Å²) in [7, 11) is 0. The smallest absolute Gasteiger partial charge is 0.255 e. The SMILES string of the molecule is CC1(C)COCCN1C(=O)c1ccccc1C#CCO. The predicted molar refractivity (Wildman–Crippen MR) is 76.3 cm³/mol. The van der Waals surface area contributed by atoms with E-state index in [-0.39, 0.29) is 18.1 Å². The highest BCUT2D eigenvalue weighted by atomic mass is 16.5. The summed E-state index contributed by atoms with van der Waals surface area (Å²) in [6.07, 6.45) is 0. The molecule has 1 heterocycles. The highest BCUT2D eigenvalue weighted by Crippen LogP contribution is 2.22. The minimum atomic E-state index is -0.327. The van der Waals surface area contributed by atoms with Crippen molar-refractivity contribution in [1.82, 2.24) is 4.90 Å². The fraction of sp³-hybridized carbons (Fsp3) is 0.438. The van der Waals surface area contributed by atoms with E-state index in [2.05, 4.69) is 11.8 Å². The van der Waals surface area contributed by atoms with E-state index in [4.69, 9.17) is 9.84 Å². The zero-order chi connectivity index (χ0) is 14.6. The van der Waals surface area contributed by atoms with Gasteiger partial charge in [-0.15, -0.1) is 0 Å². The third-order valence-corrected chi connectivity index (χ3v) is 3.35. The van der Waals surface area contributed by atoms with E-state index in [9.17, 15) is 4.79 Å². The molecule has 0 spiro atoms. The first-order valence-corrected chi connectivity index (χ1v) is 6.65. The molecule has 106 valence electrons. The topological polar surface area (TPSA) is 49.8 Å². The Hall–Kier alpha value is -1.83. The number of ether oxygens (including phenoxy) is 1.